The van der Waals surface area contributed by atoms with Crippen molar-refractivity contribution in [2.45, 2.75) is 39.5 Å². The molecule has 0 atom stereocenters. The fraction of sp³-hybridized carbons (Fsp3) is 0.857. The van der Waals surface area contributed by atoms with Crippen molar-refractivity contribution in [2.75, 3.05) is 33.2 Å². The highest BCUT2D eigenvalue weighted by atomic mass is 16.7. The standard InChI is InChI=1S/C14H24O6/c1-3-7-19-12(15)5-6-13(16)20-10-14(4-2)8-17-11-18-9-14/h3-11H2,1-2H3. The number of carbonyl (C=O) groups is 2. The molecule has 1 heterocycles. The minimum absolute atomic E-state index is 0.0457. The lowest BCUT2D eigenvalue weighted by Crippen LogP contribution is -2.41. The second-order valence-electron chi connectivity index (χ2n) is 5.05. The summed E-state index contributed by atoms with van der Waals surface area (Å²) in [5.41, 5.74) is -0.267. The fourth-order valence-corrected chi connectivity index (χ4v) is 1.80. The SMILES string of the molecule is CCCOC(=O)CCC(=O)OCC1(CC)COCOC1. The fourth-order valence-electron chi connectivity index (χ4n) is 1.80. The van der Waals surface area contributed by atoms with E-state index in [0.717, 1.165) is 12.8 Å². The van der Waals surface area contributed by atoms with Crippen LogP contribution in [-0.2, 0) is 28.5 Å². The molecule has 116 valence electrons. The molecule has 0 aliphatic carbocycles. The number of hydrogen-bond donors (Lipinski definition) is 0. The van der Waals surface area contributed by atoms with Gasteiger partial charge in [-0.3, -0.25) is 9.59 Å². The Morgan fingerprint density at radius 3 is 2.20 bits per heavy atom. The summed E-state index contributed by atoms with van der Waals surface area (Å²) in [5, 5.41) is 0. The average molecular weight is 288 g/mol. The van der Waals surface area contributed by atoms with Gasteiger partial charge in [0.05, 0.1) is 38.1 Å². The maximum absolute atomic E-state index is 11.6. The Labute approximate surface area is 119 Å². The molecule has 20 heavy (non-hydrogen) atoms. The highest BCUT2D eigenvalue weighted by Crippen LogP contribution is 2.26. The molecule has 0 amide bonds. The van der Waals surface area contributed by atoms with Gasteiger partial charge < -0.3 is 18.9 Å². The van der Waals surface area contributed by atoms with Crippen LogP contribution in [0.4, 0.5) is 0 Å². The first kappa shape index (κ1) is 16.9. The number of rotatable bonds is 8. The molecule has 1 aliphatic heterocycles. The van der Waals surface area contributed by atoms with Gasteiger partial charge in [-0.05, 0) is 12.8 Å². The first-order valence-corrected chi connectivity index (χ1v) is 7.08. The van der Waals surface area contributed by atoms with Crippen LogP contribution < -0.4 is 0 Å². The van der Waals surface area contributed by atoms with E-state index in [1.165, 1.54) is 0 Å². The van der Waals surface area contributed by atoms with Gasteiger partial charge in [0.15, 0.2) is 0 Å². The van der Waals surface area contributed by atoms with Crippen molar-refractivity contribution < 1.29 is 28.5 Å². The van der Waals surface area contributed by atoms with Gasteiger partial charge >= 0.3 is 11.9 Å². The minimum Gasteiger partial charge on any atom is -0.466 e. The van der Waals surface area contributed by atoms with Crippen LogP contribution in [-0.4, -0.2) is 45.2 Å². The van der Waals surface area contributed by atoms with E-state index >= 15 is 0 Å². The summed E-state index contributed by atoms with van der Waals surface area (Å²) in [6, 6.07) is 0. The average Bonchev–Trinajstić information content (AvgIpc) is 2.49. The Balaban J connectivity index is 2.23. The molecule has 0 radical (unpaired) electrons. The molecule has 0 unspecified atom stereocenters. The first-order valence-electron chi connectivity index (χ1n) is 7.08. The number of esters is 2. The predicted molar refractivity (Wildman–Crippen MR) is 70.9 cm³/mol. The van der Waals surface area contributed by atoms with Crippen molar-refractivity contribution in [3.63, 3.8) is 0 Å². The van der Waals surface area contributed by atoms with Crippen LogP contribution in [0.5, 0.6) is 0 Å². The monoisotopic (exact) mass is 288 g/mol. The van der Waals surface area contributed by atoms with Gasteiger partial charge in [-0.2, -0.15) is 0 Å². The molecule has 0 aromatic rings. The molecule has 1 fully saturated rings. The van der Waals surface area contributed by atoms with E-state index in [0.29, 0.717) is 26.6 Å². The van der Waals surface area contributed by atoms with Gasteiger partial charge in [0, 0.05) is 0 Å². The second-order valence-corrected chi connectivity index (χ2v) is 5.05. The summed E-state index contributed by atoms with van der Waals surface area (Å²) in [4.78, 5) is 22.9. The highest BCUT2D eigenvalue weighted by Gasteiger charge is 2.33. The molecule has 0 spiro atoms. The molecule has 0 N–H and O–H groups in total. The van der Waals surface area contributed by atoms with Crippen LogP contribution in [0.25, 0.3) is 0 Å². The Kier molecular flexibility index (Phi) is 7.54. The van der Waals surface area contributed by atoms with Crippen molar-refractivity contribution in [3.05, 3.63) is 0 Å². The maximum Gasteiger partial charge on any atom is 0.306 e. The van der Waals surface area contributed by atoms with E-state index in [-0.39, 0.29) is 30.8 Å². The Hall–Kier alpha value is -1.14. The lowest BCUT2D eigenvalue weighted by Gasteiger charge is -2.35. The lowest BCUT2D eigenvalue weighted by molar-refractivity contribution is -0.187. The summed E-state index contributed by atoms with van der Waals surface area (Å²) < 4.78 is 20.6. The van der Waals surface area contributed by atoms with Gasteiger partial charge in [0.1, 0.15) is 13.4 Å². The van der Waals surface area contributed by atoms with Crippen molar-refractivity contribution in [1.29, 1.82) is 0 Å². The van der Waals surface area contributed by atoms with Crippen molar-refractivity contribution >= 4 is 11.9 Å². The molecule has 1 aliphatic rings. The van der Waals surface area contributed by atoms with Crippen LogP contribution in [0.15, 0.2) is 0 Å². The molecule has 0 bridgehead atoms. The summed E-state index contributed by atoms with van der Waals surface area (Å²) >= 11 is 0. The quantitative estimate of drug-likeness (QED) is 0.633. The lowest BCUT2D eigenvalue weighted by atomic mass is 9.87. The smallest absolute Gasteiger partial charge is 0.306 e. The van der Waals surface area contributed by atoms with Gasteiger partial charge in [0.2, 0.25) is 0 Å². The van der Waals surface area contributed by atoms with Crippen LogP contribution in [0.1, 0.15) is 39.5 Å². The maximum atomic E-state index is 11.6. The van der Waals surface area contributed by atoms with Crippen molar-refractivity contribution in [3.8, 4) is 0 Å². The number of hydrogen-bond acceptors (Lipinski definition) is 6. The van der Waals surface area contributed by atoms with Crippen molar-refractivity contribution in [1.82, 2.24) is 0 Å². The van der Waals surface area contributed by atoms with E-state index in [1.54, 1.807) is 0 Å². The highest BCUT2D eigenvalue weighted by molar-refractivity contribution is 5.77. The zero-order valence-electron chi connectivity index (χ0n) is 12.3. The number of carbonyl (C=O) groups excluding carboxylic acids is 2. The Morgan fingerprint density at radius 2 is 1.65 bits per heavy atom. The number of ether oxygens (including phenoxy) is 4. The molecule has 1 saturated heterocycles. The summed E-state index contributed by atoms with van der Waals surface area (Å²) in [5.74, 6) is -0.754. The third-order valence-electron chi connectivity index (χ3n) is 3.27. The van der Waals surface area contributed by atoms with Crippen LogP contribution in [0.2, 0.25) is 0 Å². The minimum atomic E-state index is -0.392. The van der Waals surface area contributed by atoms with E-state index < -0.39 is 5.97 Å². The Bertz CT molecular complexity index is 309. The van der Waals surface area contributed by atoms with Crippen LogP contribution in [0.3, 0.4) is 0 Å². The summed E-state index contributed by atoms with van der Waals surface area (Å²) in [7, 11) is 0. The van der Waals surface area contributed by atoms with E-state index in [9.17, 15) is 9.59 Å². The van der Waals surface area contributed by atoms with Gasteiger partial charge in [-0.15, -0.1) is 0 Å². The molecule has 0 aromatic heterocycles. The largest absolute Gasteiger partial charge is 0.466 e. The van der Waals surface area contributed by atoms with Gasteiger partial charge in [0.25, 0.3) is 0 Å². The summed E-state index contributed by atoms with van der Waals surface area (Å²) in [6.45, 7) is 5.91. The first-order chi connectivity index (χ1) is 9.62. The van der Waals surface area contributed by atoms with E-state index in [1.807, 2.05) is 13.8 Å². The van der Waals surface area contributed by atoms with Gasteiger partial charge in [-0.1, -0.05) is 13.8 Å². The molecule has 0 saturated carbocycles. The molecular formula is C14H24O6. The predicted octanol–water partition coefficient (Wildman–Crippen LogP) is 1.66. The molecule has 6 nitrogen and oxygen atoms in total. The molecule has 0 aromatic carbocycles. The topological polar surface area (TPSA) is 71.1 Å². The third kappa shape index (κ3) is 5.88. The Morgan fingerprint density at radius 1 is 1.05 bits per heavy atom. The third-order valence-corrected chi connectivity index (χ3v) is 3.27. The van der Waals surface area contributed by atoms with Crippen molar-refractivity contribution in [2.24, 2.45) is 5.41 Å². The van der Waals surface area contributed by atoms with E-state index in [4.69, 9.17) is 18.9 Å². The molecule has 6 heteroatoms. The zero-order chi connectivity index (χ0) is 14.8. The second kappa shape index (κ2) is 8.92. The van der Waals surface area contributed by atoms with Gasteiger partial charge in [-0.25, -0.2) is 0 Å². The normalized spacial score (nSPS) is 17.5. The summed E-state index contributed by atoms with van der Waals surface area (Å²) in [6.07, 6.45) is 1.68. The van der Waals surface area contributed by atoms with Crippen LogP contribution in [0, 0.1) is 5.41 Å². The van der Waals surface area contributed by atoms with E-state index in [2.05, 4.69) is 0 Å². The zero-order valence-corrected chi connectivity index (χ0v) is 12.3. The van der Waals surface area contributed by atoms with Crippen LogP contribution >= 0.6 is 0 Å². The molecular weight excluding hydrogens is 264 g/mol. The molecule has 1 rings (SSSR count).